The molecule has 1 saturated heterocycles. The Labute approximate surface area is 195 Å². The van der Waals surface area contributed by atoms with Gasteiger partial charge in [-0.05, 0) is 43.9 Å². The van der Waals surface area contributed by atoms with E-state index in [1.54, 1.807) is 24.3 Å². The number of carbonyl (C=O) groups is 3. The van der Waals surface area contributed by atoms with E-state index >= 15 is 0 Å². The molecule has 33 heavy (non-hydrogen) atoms. The molecule has 0 bridgehead atoms. The average molecular weight is 491 g/mol. The third-order valence-corrected chi connectivity index (χ3v) is 5.98. The summed E-state index contributed by atoms with van der Waals surface area (Å²) in [6, 6.07) is 4.52. The molecule has 1 aromatic rings. The van der Waals surface area contributed by atoms with Crippen LogP contribution in [0.3, 0.4) is 0 Å². The van der Waals surface area contributed by atoms with Gasteiger partial charge in [0, 0.05) is 25.2 Å². The van der Waals surface area contributed by atoms with E-state index < -0.39 is 48.7 Å². The van der Waals surface area contributed by atoms with Crippen LogP contribution in [0.1, 0.15) is 25.3 Å². The van der Waals surface area contributed by atoms with E-state index in [1.807, 2.05) is 0 Å². The molecule has 1 aromatic carbocycles. The Bertz CT molecular complexity index is 842. The Hall–Kier alpha value is -2.50. The zero-order valence-electron chi connectivity index (χ0n) is 18.5. The quantitative estimate of drug-likeness (QED) is 0.485. The molecule has 2 rings (SSSR count). The molecular formula is C21H29ClF2N4O5. The second-order valence-electron chi connectivity index (χ2n) is 8.18. The summed E-state index contributed by atoms with van der Waals surface area (Å²) >= 11 is 5.97. The molecule has 9 nitrogen and oxygen atoms in total. The number of hydrogen-bond donors (Lipinski definition) is 3. The largest absolute Gasteiger partial charge is 0.465 e. The first-order valence-corrected chi connectivity index (χ1v) is 10.8. The maximum Gasteiger partial charge on any atom is 0.407 e. The van der Waals surface area contributed by atoms with Gasteiger partial charge in [-0.25, -0.2) is 4.79 Å². The highest BCUT2D eigenvalue weighted by atomic mass is 35.5. The molecule has 184 valence electrons. The highest BCUT2D eigenvalue weighted by molar-refractivity contribution is 6.30. The molecular weight excluding hydrogens is 462 g/mol. The normalized spacial score (nSPS) is 20.3. The predicted octanol–water partition coefficient (Wildman–Crippen LogP) is 1.92. The van der Waals surface area contributed by atoms with Gasteiger partial charge in [-0.3, -0.25) is 9.59 Å². The van der Waals surface area contributed by atoms with E-state index in [4.69, 9.17) is 17.3 Å². The summed E-state index contributed by atoms with van der Waals surface area (Å²) < 4.78 is 29.7. The van der Waals surface area contributed by atoms with Crippen LogP contribution >= 0.6 is 11.6 Å². The first-order valence-electron chi connectivity index (χ1n) is 10.4. The van der Waals surface area contributed by atoms with Crippen molar-refractivity contribution in [3.63, 3.8) is 0 Å². The van der Waals surface area contributed by atoms with Gasteiger partial charge < -0.3 is 30.7 Å². The number of nitrogens with two attached hydrogens (primary N) is 1. The van der Waals surface area contributed by atoms with Crippen LogP contribution < -0.4 is 11.1 Å². The highest BCUT2D eigenvalue weighted by Gasteiger charge is 2.44. The Morgan fingerprint density at radius 3 is 2.52 bits per heavy atom. The minimum absolute atomic E-state index is 0.0108. The number of carbonyl (C=O) groups excluding carboxylic acids is 2. The van der Waals surface area contributed by atoms with Crippen molar-refractivity contribution in [2.75, 3.05) is 26.7 Å². The molecule has 1 fully saturated rings. The first kappa shape index (κ1) is 26.7. The van der Waals surface area contributed by atoms with Crippen molar-refractivity contribution < 1.29 is 33.0 Å². The maximum atomic E-state index is 13.4. The fraction of sp³-hybridized carbons (Fsp3) is 0.571. The number of piperidine rings is 1. The van der Waals surface area contributed by atoms with Crippen molar-refractivity contribution in [3.8, 4) is 0 Å². The molecule has 3 amide bonds. The van der Waals surface area contributed by atoms with Crippen molar-refractivity contribution in [2.24, 2.45) is 5.73 Å². The lowest BCUT2D eigenvalue weighted by molar-refractivity contribution is -0.156. The van der Waals surface area contributed by atoms with Crippen molar-refractivity contribution in [3.05, 3.63) is 34.9 Å². The second kappa shape index (κ2) is 11.6. The molecule has 4 N–H and O–H groups in total. The van der Waals surface area contributed by atoms with Crippen LogP contribution in [0.15, 0.2) is 24.3 Å². The van der Waals surface area contributed by atoms with Crippen LogP contribution in [-0.2, 0) is 20.7 Å². The summed E-state index contributed by atoms with van der Waals surface area (Å²) in [5.74, 6) is -1.40. The number of alkyl halides is 2. The number of carboxylic acid groups (broad SMARTS) is 1. The minimum atomic E-state index is -3.14. The lowest BCUT2D eigenvalue weighted by atomic mass is 9.81. The molecule has 3 unspecified atom stereocenters. The number of benzene rings is 1. The molecule has 12 heteroatoms. The number of hydrogen-bond acceptors (Lipinski definition) is 5. The van der Waals surface area contributed by atoms with E-state index in [9.17, 15) is 28.3 Å². The van der Waals surface area contributed by atoms with Gasteiger partial charge in [0.1, 0.15) is 6.04 Å². The summed E-state index contributed by atoms with van der Waals surface area (Å²) in [7, 11) is 1.47. The van der Waals surface area contributed by atoms with E-state index in [-0.39, 0.29) is 6.54 Å². The molecule has 0 aromatic heterocycles. The number of nitrogens with one attached hydrogen (secondary N) is 1. The van der Waals surface area contributed by atoms with E-state index in [2.05, 4.69) is 10.1 Å². The third kappa shape index (κ3) is 7.24. The number of rotatable bonds is 9. The Balaban J connectivity index is 2.37. The zero-order valence-corrected chi connectivity index (χ0v) is 19.2. The lowest BCUT2D eigenvalue weighted by Crippen LogP contribution is -2.64. The summed E-state index contributed by atoms with van der Waals surface area (Å²) in [4.78, 5) is 39.7. The van der Waals surface area contributed by atoms with Gasteiger partial charge in [0.05, 0.1) is 18.2 Å². The van der Waals surface area contributed by atoms with Gasteiger partial charge in [0.2, 0.25) is 11.8 Å². The fourth-order valence-corrected chi connectivity index (χ4v) is 4.03. The topological polar surface area (TPSA) is 125 Å². The van der Waals surface area contributed by atoms with Crippen LogP contribution in [0, 0.1) is 0 Å². The number of likely N-dealkylation sites (N-methyl/N-ethyl adjacent to an activating group) is 1. The smallest absolute Gasteiger partial charge is 0.407 e. The van der Waals surface area contributed by atoms with Gasteiger partial charge >= 0.3 is 12.7 Å². The van der Waals surface area contributed by atoms with Crippen LogP contribution in [-0.4, -0.2) is 83.8 Å². The lowest BCUT2D eigenvalue weighted by Gasteiger charge is -2.48. The van der Waals surface area contributed by atoms with Crippen molar-refractivity contribution >= 4 is 29.5 Å². The van der Waals surface area contributed by atoms with Crippen LogP contribution in [0.2, 0.25) is 5.02 Å². The summed E-state index contributed by atoms with van der Waals surface area (Å²) in [5.41, 5.74) is 5.37. The maximum absolute atomic E-state index is 13.4. The third-order valence-electron chi connectivity index (χ3n) is 5.73. The van der Waals surface area contributed by atoms with Crippen molar-refractivity contribution in [1.82, 2.24) is 15.1 Å². The number of halogens is 3. The Kier molecular flexibility index (Phi) is 9.38. The Morgan fingerprint density at radius 1 is 1.33 bits per heavy atom. The van der Waals surface area contributed by atoms with Crippen molar-refractivity contribution in [1.29, 1.82) is 0 Å². The van der Waals surface area contributed by atoms with Gasteiger partial charge in [0.25, 0.3) is 0 Å². The molecule has 3 atom stereocenters. The summed E-state index contributed by atoms with van der Waals surface area (Å²) in [5, 5.41) is 12.4. The fourth-order valence-electron chi connectivity index (χ4n) is 3.91. The number of amides is 3. The molecule has 1 aliphatic heterocycles. The minimum Gasteiger partial charge on any atom is -0.465 e. The van der Waals surface area contributed by atoms with Gasteiger partial charge in [-0.15, -0.1) is 0 Å². The molecule has 1 heterocycles. The zero-order chi connectivity index (χ0) is 24.8. The number of nitrogens with zero attached hydrogens (tertiary/aromatic N) is 2. The number of ether oxygens (including phenoxy) is 1. The Morgan fingerprint density at radius 2 is 1.97 bits per heavy atom. The van der Waals surface area contributed by atoms with Gasteiger partial charge in [0.15, 0.2) is 0 Å². The monoisotopic (exact) mass is 490 g/mol. The molecule has 0 aliphatic carbocycles. The molecule has 0 spiro atoms. The predicted molar refractivity (Wildman–Crippen MR) is 117 cm³/mol. The summed E-state index contributed by atoms with van der Waals surface area (Å²) in [6.07, 6.45) is 0.117. The molecule has 0 radical (unpaired) electrons. The van der Waals surface area contributed by atoms with Crippen molar-refractivity contribution in [2.45, 2.75) is 50.4 Å². The highest BCUT2D eigenvalue weighted by Crippen LogP contribution is 2.32. The van der Waals surface area contributed by atoms with Crippen LogP contribution in [0.4, 0.5) is 13.6 Å². The summed E-state index contributed by atoms with van der Waals surface area (Å²) in [6.45, 7) is -2.20. The molecule has 0 saturated carbocycles. The van der Waals surface area contributed by atoms with E-state index in [0.717, 1.165) is 5.56 Å². The van der Waals surface area contributed by atoms with Crippen LogP contribution in [0.5, 0.6) is 0 Å². The van der Waals surface area contributed by atoms with Gasteiger partial charge in [-0.2, -0.15) is 8.78 Å². The average Bonchev–Trinajstić information content (AvgIpc) is 2.76. The molecule has 1 aliphatic rings. The second-order valence-corrected chi connectivity index (χ2v) is 8.61. The number of likely N-dealkylation sites (tertiary alicyclic amines) is 1. The first-order chi connectivity index (χ1) is 15.4. The van der Waals surface area contributed by atoms with Gasteiger partial charge in [-0.1, -0.05) is 23.7 Å². The van der Waals surface area contributed by atoms with E-state index in [1.165, 1.54) is 23.8 Å². The van der Waals surface area contributed by atoms with Crippen LogP contribution in [0.25, 0.3) is 0 Å². The SMILES string of the molecule is CC(N)C(=O)NC(COC(F)F)C(=O)N(C)C1(Cc2ccc(Cl)cc2)CCCN(C(=O)O)C1. The standard InChI is InChI=1S/C21H29ClF2N4O5/c1-13(25)17(29)26-16(11-33-19(23)24)18(30)27(2)21(8-3-9-28(12-21)20(31)32)10-14-4-6-15(22)7-5-14/h4-7,13,16,19H,3,8-12,25H2,1-2H3,(H,26,29)(H,31,32). The van der Waals surface area contributed by atoms with E-state index in [0.29, 0.717) is 30.8 Å².